The lowest BCUT2D eigenvalue weighted by molar-refractivity contribution is -0.144. The van der Waals surface area contributed by atoms with E-state index in [1.807, 2.05) is 0 Å². The van der Waals surface area contributed by atoms with Crippen molar-refractivity contribution in [2.24, 2.45) is 0 Å². The predicted molar refractivity (Wildman–Crippen MR) is 47.0 cm³/mol. The summed E-state index contributed by atoms with van der Waals surface area (Å²) >= 11 is 4.78. The van der Waals surface area contributed by atoms with Crippen LogP contribution in [0.4, 0.5) is 0 Å². The minimum atomic E-state index is -0.715. The first-order chi connectivity index (χ1) is 6.07. The number of rotatable bonds is 2. The van der Waals surface area contributed by atoms with Crippen LogP contribution in [0.5, 0.6) is 0 Å². The molecule has 0 saturated heterocycles. The Kier molecular flexibility index (Phi) is 2.66. The zero-order valence-electron chi connectivity index (χ0n) is 7.16. The highest BCUT2D eigenvalue weighted by Gasteiger charge is 2.18. The number of esters is 1. The minimum Gasteiger partial charge on any atom is -0.467 e. The highest BCUT2D eigenvalue weighted by atomic mass is 32.1. The molecule has 2 N–H and O–H groups in total. The SMILES string of the molecule is COC(=O)C(C)n1c(=O)[nH][nH]c1=S. The summed E-state index contributed by atoms with van der Waals surface area (Å²) in [6.07, 6.45) is 0. The molecule has 0 radical (unpaired) electrons. The van der Waals surface area contributed by atoms with Gasteiger partial charge in [-0.3, -0.25) is 9.67 Å². The molecule has 0 bridgehead atoms. The molecule has 1 heterocycles. The Balaban J connectivity index is 3.15. The summed E-state index contributed by atoms with van der Waals surface area (Å²) in [4.78, 5) is 22.2. The number of carbonyl (C=O) groups is 1. The van der Waals surface area contributed by atoms with Gasteiger partial charge >= 0.3 is 11.7 Å². The lowest BCUT2D eigenvalue weighted by Gasteiger charge is -2.07. The topological polar surface area (TPSA) is 79.9 Å². The fourth-order valence-corrected chi connectivity index (χ4v) is 1.24. The summed E-state index contributed by atoms with van der Waals surface area (Å²) in [5.41, 5.74) is -0.456. The first kappa shape index (κ1) is 9.72. The largest absolute Gasteiger partial charge is 0.467 e. The standard InChI is InChI=1S/C6H9N3O3S/c1-3(4(10)12-2)9-5(11)7-8-6(9)13/h3H,1-2H3,(H,7,11)(H,8,13). The van der Waals surface area contributed by atoms with Crippen molar-refractivity contribution in [3.63, 3.8) is 0 Å². The Morgan fingerprint density at radius 3 is 2.62 bits per heavy atom. The molecule has 13 heavy (non-hydrogen) atoms. The van der Waals surface area contributed by atoms with Crippen molar-refractivity contribution in [3.8, 4) is 0 Å². The highest BCUT2D eigenvalue weighted by molar-refractivity contribution is 7.71. The summed E-state index contributed by atoms with van der Waals surface area (Å²) in [5.74, 6) is -0.513. The second-order valence-electron chi connectivity index (χ2n) is 2.43. The van der Waals surface area contributed by atoms with Crippen LogP contribution in [-0.2, 0) is 9.53 Å². The van der Waals surface area contributed by atoms with Crippen LogP contribution < -0.4 is 5.69 Å². The number of methoxy groups -OCH3 is 1. The molecule has 0 amide bonds. The lowest BCUT2D eigenvalue weighted by Crippen LogP contribution is -2.27. The van der Waals surface area contributed by atoms with Crippen LogP contribution in [0.2, 0.25) is 0 Å². The number of carbonyl (C=O) groups excluding carboxylic acids is 1. The maximum atomic E-state index is 11.1. The second-order valence-corrected chi connectivity index (χ2v) is 2.82. The molecule has 0 aliphatic heterocycles. The molecule has 0 aromatic carbocycles. The highest BCUT2D eigenvalue weighted by Crippen LogP contribution is 2.03. The van der Waals surface area contributed by atoms with E-state index < -0.39 is 17.7 Å². The van der Waals surface area contributed by atoms with Crippen molar-refractivity contribution in [1.29, 1.82) is 0 Å². The van der Waals surface area contributed by atoms with Gasteiger partial charge in [-0.15, -0.1) is 0 Å². The van der Waals surface area contributed by atoms with Gasteiger partial charge in [0.05, 0.1) is 7.11 Å². The molecule has 1 unspecified atom stereocenters. The molecule has 0 fully saturated rings. The second kappa shape index (κ2) is 3.56. The Hall–Kier alpha value is -1.37. The van der Waals surface area contributed by atoms with E-state index in [9.17, 15) is 9.59 Å². The smallest absolute Gasteiger partial charge is 0.343 e. The van der Waals surface area contributed by atoms with Gasteiger partial charge in [0.2, 0.25) is 0 Å². The van der Waals surface area contributed by atoms with E-state index in [1.54, 1.807) is 0 Å². The Morgan fingerprint density at radius 2 is 2.23 bits per heavy atom. The van der Waals surface area contributed by atoms with Crippen molar-refractivity contribution in [2.75, 3.05) is 7.11 Å². The van der Waals surface area contributed by atoms with Gasteiger partial charge in [0.1, 0.15) is 6.04 Å². The molecule has 6 nitrogen and oxygen atoms in total. The van der Waals surface area contributed by atoms with E-state index in [2.05, 4.69) is 14.9 Å². The molecule has 0 aliphatic rings. The van der Waals surface area contributed by atoms with Crippen LogP contribution >= 0.6 is 12.2 Å². The number of nitrogens with zero attached hydrogens (tertiary/aromatic N) is 1. The summed E-state index contributed by atoms with van der Waals surface area (Å²) in [6, 6.07) is -0.715. The first-order valence-corrected chi connectivity index (χ1v) is 3.95. The molecule has 72 valence electrons. The number of H-pyrrole nitrogens is 2. The van der Waals surface area contributed by atoms with E-state index in [0.29, 0.717) is 0 Å². The molecule has 0 aliphatic carbocycles. The fourth-order valence-electron chi connectivity index (χ4n) is 0.947. The summed E-state index contributed by atoms with van der Waals surface area (Å²) in [5, 5.41) is 4.70. The summed E-state index contributed by atoms with van der Waals surface area (Å²) in [6.45, 7) is 1.53. The molecule has 1 rings (SSSR count). The van der Waals surface area contributed by atoms with Crippen LogP contribution in [-0.4, -0.2) is 27.8 Å². The van der Waals surface area contributed by atoms with Gasteiger partial charge < -0.3 is 4.74 Å². The molecular formula is C6H9N3O3S. The maximum Gasteiger partial charge on any atom is 0.343 e. The van der Waals surface area contributed by atoms with E-state index >= 15 is 0 Å². The van der Waals surface area contributed by atoms with Crippen LogP contribution in [0.1, 0.15) is 13.0 Å². The summed E-state index contributed by atoms with van der Waals surface area (Å²) < 4.78 is 5.75. The van der Waals surface area contributed by atoms with Crippen molar-refractivity contribution >= 4 is 18.2 Å². The van der Waals surface area contributed by atoms with Crippen molar-refractivity contribution in [3.05, 3.63) is 15.3 Å². The van der Waals surface area contributed by atoms with E-state index in [0.717, 1.165) is 4.57 Å². The van der Waals surface area contributed by atoms with Gasteiger partial charge in [-0.25, -0.2) is 14.7 Å². The van der Waals surface area contributed by atoms with Crippen molar-refractivity contribution in [2.45, 2.75) is 13.0 Å². The van der Waals surface area contributed by atoms with Gasteiger partial charge in [-0.1, -0.05) is 0 Å². The number of hydrogen-bond donors (Lipinski definition) is 2. The number of aromatic nitrogens is 3. The van der Waals surface area contributed by atoms with Gasteiger partial charge in [0, 0.05) is 0 Å². The molecule has 1 atom stereocenters. The number of hydrogen-bond acceptors (Lipinski definition) is 4. The van der Waals surface area contributed by atoms with Crippen LogP contribution in [0.3, 0.4) is 0 Å². The van der Waals surface area contributed by atoms with E-state index in [-0.39, 0.29) is 4.77 Å². The summed E-state index contributed by atoms with van der Waals surface area (Å²) in [7, 11) is 1.25. The van der Waals surface area contributed by atoms with Crippen LogP contribution in [0, 0.1) is 4.77 Å². The third-order valence-electron chi connectivity index (χ3n) is 1.64. The predicted octanol–water partition coefficient (Wildman–Crippen LogP) is -0.0320. The molecular weight excluding hydrogens is 194 g/mol. The van der Waals surface area contributed by atoms with Crippen molar-refractivity contribution in [1.82, 2.24) is 14.8 Å². The molecule has 1 aromatic rings. The van der Waals surface area contributed by atoms with E-state index in [1.165, 1.54) is 14.0 Å². The van der Waals surface area contributed by atoms with Gasteiger partial charge in [0.25, 0.3) is 0 Å². The average Bonchev–Trinajstić information content (AvgIpc) is 2.44. The fraction of sp³-hybridized carbons (Fsp3) is 0.500. The zero-order chi connectivity index (χ0) is 10.0. The minimum absolute atomic E-state index is 0.169. The van der Waals surface area contributed by atoms with Gasteiger partial charge in [-0.05, 0) is 19.1 Å². The third-order valence-corrected chi connectivity index (χ3v) is 1.94. The molecule has 7 heteroatoms. The Labute approximate surface area is 78.5 Å². The van der Waals surface area contributed by atoms with Crippen LogP contribution in [0.15, 0.2) is 4.79 Å². The zero-order valence-corrected chi connectivity index (χ0v) is 7.97. The van der Waals surface area contributed by atoms with Crippen molar-refractivity contribution < 1.29 is 9.53 Å². The quantitative estimate of drug-likeness (QED) is 0.522. The number of nitrogens with one attached hydrogen (secondary N) is 2. The third kappa shape index (κ3) is 1.69. The van der Waals surface area contributed by atoms with Gasteiger partial charge in [-0.2, -0.15) is 0 Å². The lowest BCUT2D eigenvalue weighted by atomic mass is 10.3. The number of aromatic amines is 2. The normalized spacial score (nSPS) is 12.5. The molecule has 1 aromatic heterocycles. The first-order valence-electron chi connectivity index (χ1n) is 3.55. The average molecular weight is 203 g/mol. The monoisotopic (exact) mass is 203 g/mol. The van der Waals surface area contributed by atoms with E-state index in [4.69, 9.17) is 12.2 Å². The Morgan fingerprint density at radius 1 is 1.62 bits per heavy atom. The Bertz CT molecular complexity index is 388. The number of ether oxygens (including phenoxy) is 1. The molecule has 0 spiro atoms. The molecule has 0 saturated carbocycles. The maximum absolute atomic E-state index is 11.1. The van der Waals surface area contributed by atoms with Gasteiger partial charge in [0.15, 0.2) is 4.77 Å². The van der Waals surface area contributed by atoms with Crippen LogP contribution in [0.25, 0.3) is 0 Å².